The topological polar surface area (TPSA) is 44.8 Å². The summed E-state index contributed by atoms with van der Waals surface area (Å²) < 4.78 is 30.1. The number of benzene rings is 2. The highest BCUT2D eigenvalue weighted by Gasteiger charge is 2.27. The molecule has 0 spiro atoms. The first-order valence-corrected chi connectivity index (χ1v) is 8.50. The van der Waals surface area contributed by atoms with E-state index >= 15 is 0 Å². The Hall–Kier alpha value is -3.08. The van der Waals surface area contributed by atoms with Crippen molar-refractivity contribution in [3.05, 3.63) is 65.0 Å². The molecule has 2 aromatic carbocycles. The number of carbonyl (C=O) groups is 1. The minimum Gasteiger partial charge on any atom is -0.496 e. The van der Waals surface area contributed by atoms with E-state index in [2.05, 4.69) is 0 Å². The summed E-state index contributed by atoms with van der Waals surface area (Å²) >= 11 is 0. The molecule has 3 rings (SSSR count). The molecule has 1 aliphatic heterocycles. The number of hydrogen-bond donors (Lipinski definition) is 0. The summed E-state index contributed by atoms with van der Waals surface area (Å²) in [6.45, 7) is 3.83. The fourth-order valence-electron chi connectivity index (χ4n) is 2.85. The normalized spacial score (nSPS) is 14.6. The van der Waals surface area contributed by atoms with E-state index in [9.17, 15) is 9.18 Å². The zero-order valence-electron chi connectivity index (χ0n) is 15.7. The van der Waals surface area contributed by atoms with Gasteiger partial charge in [-0.1, -0.05) is 12.1 Å². The summed E-state index contributed by atoms with van der Waals surface area (Å²) in [5, 5.41) is 0. The van der Waals surface area contributed by atoms with Gasteiger partial charge in [0.25, 0.3) is 0 Å². The third-order valence-corrected chi connectivity index (χ3v) is 4.26. The second-order valence-corrected chi connectivity index (χ2v) is 6.69. The number of allylic oxidation sites excluding steroid dienone is 1. The maximum Gasteiger partial charge on any atom is 0.189 e. The lowest BCUT2D eigenvalue weighted by Crippen LogP contribution is -2.28. The standard InChI is InChI=1S/C22H21FO4/c1-22(2)12-11-16-19(25-3)10-7-15(21(16)27-22)18(24)8-5-14-6-9-20(26-4)17(23)13-14/h5-13H,1-4H3/b8-5+. The van der Waals surface area contributed by atoms with Crippen LogP contribution in [0.5, 0.6) is 17.2 Å². The van der Waals surface area contributed by atoms with Crippen LogP contribution in [0.4, 0.5) is 4.39 Å². The van der Waals surface area contributed by atoms with Gasteiger partial charge < -0.3 is 14.2 Å². The molecule has 1 aliphatic rings. The predicted molar refractivity (Wildman–Crippen MR) is 103 cm³/mol. The van der Waals surface area contributed by atoms with Gasteiger partial charge in [0.05, 0.1) is 25.3 Å². The van der Waals surface area contributed by atoms with Crippen LogP contribution in [-0.4, -0.2) is 25.6 Å². The highest BCUT2D eigenvalue weighted by Crippen LogP contribution is 2.39. The molecule has 0 aliphatic carbocycles. The monoisotopic (exact) mass is 368 g/mol. The molecule has 0 unspecified atom stereocenters. The number of ether oxygens (including phenoxy) is 3. The number of ketones is 1. The van der Waals surface area contributed by atoms with E-state index in [1.807, 2.05) is 26.0 Å². The number of hydrogen-bond acceptors (Lipinski definition) is 4. The summed E-state index contributed by atoms with van der Waals surface area (Å²) in [6.07, 6.45) is 6.78. The molecule has 0 N–H and O–H groups in total. The Morgan fingerprint density at radius 1 is 1.11 bits per heavy atom. The first-order chi connectivity index (χ1) is 12.8. The maximum atomic E-state index is 13.8. The summed E-state index contributed by atoms with van der Waals surface area (Å²) in [5.41, 5.74) is 1.18. The largest absolute Gasteiger partial charge is 0.496 e. The molecule has 5 heteroatoms. The SMILES string of the molecule is COc1ccc(/C=C/C(=O)c2ccc(OC)c3c2OC(C)(C)C=C3)cc1F. The molecule has 0 saturated carbocycles. The number of fused-ring (bicyclic) bond motifs is 1. The maximum absolute atomic E-state index is 13.8. The Kier molecular flexibility index (Phi) is 5.04. The molecule has 140 valence electrons. The number of rotatable bonds is 5. The Balaban J connectivity index is 1.94. The molecule has 0 amide bonds. The van der Waals surface area contributed by atoms with Crippen LogP contribution in [0.3, 0.4) is 0 Å². The fourth-order valence-corrected chi connectivity index (χ4v) is 2.85. The van der Waals surface area contributed by atoms with Crippen molar-refractivity contribution in [2.45, 2.75) is 19.4 Å². The zero-order chi connectivity index (χ0) is 19.6. The van der Waals surface area contributed by atoms with Gasteiger partial charge in [-0.3, -0.25) is 4.79 Å². The lowest BCUT2D eigenvalue weighted by molar-refractivity contribution is 0.103. The molecular formula is C22H21FO4. The van der Waals surface area contributed by atoms with Crippen LogP contribution in [0.25, 0.3) is 12.2 Å². The first-order valence-electron chi connectivity index (χ1n) is 8.50. The van der Waals surface area contributed by atoms with Gasteiger partial charge in [0.1, 0.15) is 17.1 Å². The second kappa shape index (κ2) is 7.27. The molecule has 0 aromatic heterocycles. The average Bonchev–Trinajstić information content (AvgIpc) is 2.64. The minimum atomic E-state index is -0.531. The number of carbonyl (C=O) groups excluding carboxylic acids is 1. The molecule has 0 saturated heterocycles. The predicted octanol–water partition coefficient (Wildman–Crippen LogP) is 4.92. The molecule has 0 fully saturated rings. The third kappa shape index (κ3) is 3.87. The molecular weight excluding hydrogens is 347 g/mol. The van der Waals surface area contributed by atoms with Gasteiger partial charge in [0, 0.05) is 0 Å². The van der Waals surface area contributed by atoms with Crippen LogP contribution in [0.15, 0.2) is 42.5 Å². The van der Waals surface area contributed by atoms with Crippen molar-refractivity contribution < 1.29 is 23.4 Å². The van der Waals surface area contributed by atoms with Crippen molar-refractivity contribution >= 4 is 17.9 Å². The third-order valence-electron chi connectivity index (χ3n) is 4.26. The highest BCUT2D eigenvalue weighted by molar-refractivity contribution is 6.09. The van der Waals surface area contributed by atoms with Gasteiger partial charge >= 0.3 is 0 Å². The van der Waals surface area contributed by atoms with Crippen molar-refractivity contribution in [2.24, 2.45) is 0 Å². The van der Waals surface area contributed by atoms with E-state index in [0.29, 0.717) is 22.6 Å². The van der Waals surface area contributed by atoms with Crippen LogP contribution in [0.1, 0.15) is 35.3 Å². The summed E-state index contributed by atoms with van der Waals surface area (Å²) in [4.78, 5) is 12.8. The molecule has 1 heterocycles. The van der Waals surface area contributed by atoms with Gasteiger partial charge in [-0.15, -0.1) is 0 Å². The van der Waals surface area contributed by atoms with Crippen molar-refractivity contribution in [1.82, 2.24) is 0 Å². The molecule has 0 atom stereocenters. The van der Waals surface area contributed by atoms with Crippen LogP contribution in [0, 0.1) is 5.82 Å². The van der Waals surface area contributed by atoms with Crippen LogP contribution in [0.2, 0.25) is 0 Å². The molecule has 2 aromatic rings. The van der Waals surface area contributed by atoms with Crippen molar-refractivity contribution in [2.75, 3.05) is 14.2 Å². The quantitative estimate of drug-likeness (QED) is 0.555. The van der Waals surface area contributed by atoms with E-state index in [0.717, 1.165) is 5.56 Å². The van der Waals surface area contributed by atoms with Gasteiger partial charge in [-0.2, -0.15) is 0 Å². The van der Waals surface area contributed by atoms with E-state index in [1.54, 1.807) is 31.4 Å². The zero-order valence-corrected chi connectivity index (χ0v) is 15.7. The fraction of sp³-hybridized carbons (Fsp3) is 0.227. The van der Waals surface area contributed by atoms with Crippen LogP contribution in [-0.2, 0) is 0 Å². The summed E-state index contributed by atoms with van der Waals surface area (Å²) in [5.74, 6) is 0.553. The summed E-state index contributed by atoms with van der Waals surface area (Å²) in [6, 6.07) is 7.92. The lowest BCUT2D eigenvalue weighted by atomic mass is 9.97. The van der Waals surface area contributed by atoms with Crippen molar-refractivity contribution in [3.63, 3.8) is 0 Å². The van der Waals surface area contributed by atoms with Gasteiger partial charge in [-0.25, -0.2) is 4.39 Å². The van der Waals surface area contributed by atoms with E-state index in [4.69, 9.17) is 14.2 Å². The smallest absolute Gasteiger partial charge is 0.189 e. The van der Waals surface area contributed by atoms with Gasteiger partial charge in [0.2, 0.25) is 0 Å². The number of halogens is 1. The summed E-state index contributed by atoms with van der Waals surface area (Å²) in [7, 11) is 2.98. The van der Waals surface area contributed by atoms with Gasteiger partial charge in [0.15, 0.2) is 17.3 Å². The Labute approximate surface area is 157 Å². The molecule has 27 heavy (non-hydrogen) atoms. The molecule has 4 nitrogen and oxygen atoms in total. The Morgan fingerprint density at radius 2 is 1.81 bits per heavy atom. The van der Waals surface area contributed by atoms with Crippen molar-refractivity contribution in [1.29, 1.82) is 0 Å². The van der Waals surface area contributed by atoms with Crippen molar-refractivity contribution in [3.8, 4) is 17.2 Å². The van der Waals surface area contributed by atoms with Crippen LogP contribution < -0.4 is 14.2 Å². The molecule has 0 bridgehead atoms. The Morgan fingerprint density at radius 3 is 2.48 bits per heavy atom. The minimum absolute atomic E-state index is 0.158. The Bertz CT molecular complexity index is 942. The van der Waals surface area contributed by atoms with Crippen LogP contribution >= 0.6 is 0 Å². The average molecular weight is 368 g/mol. The van der Waals surface area contributed by atoms with Gasteiger partial charge in [-0.05, 0) is 61.9 Å². The number of methoxy groups -OCH3 is 2. The van der Waals surface area contributed by atoms with E-state index < -0.39 is 11.4 Å². The van der Waals surface area contributed by atoms with E-state index in [1.165, 1.54) is 25.3 Å². The highest BCUT2D eigenvalue weighted by atomic mass is 19.1. The lowest BCUT2D eigenvalue weighted by Gasteiger charge is -2.29. The first kappa shape index (κ1) is 18.7. The molecule has 0 radical (unpaired) electrons. The van der Waals surface area contributed by atoms with E-state index in [-0.39, 0.29) is 11.5 Å². The second-order valence-electron chi connectivity index (χ2n) is 6.69.